The van der Waals surface area contributed by atoms with Crippen LogP contribution in [0.1, 0.15) is 17.2 Å². The monoisotopic (exact) mass is 369 g/mol. The standard InChI is InChI=1S/C16H17BrClNO2/c1-19-15(10-5-4-6-11(17)9-10)12-7-8-13(20-2)14(18)16(12)21-3/h4-9,15,19H,1-3H3. The second-order valence-electron chi connectivity index (χ2n) is 4.48. The van der Waals surface area contributed by atoms with Crippen LogP contribution in [0.25, 0.3) is 0 Å². The third-order valence-electron chi connectivity index (χ3n) is 3.30. The first-order valence-electron chi connectivity index (χ1n) is 6.45. The maximum absolute atomic E-state index is 6.35. The molecule has 0 aliphatic heterocycles. The van der Waals surface area contributed by atoms with Gasteiger partial charge in [0.1, 0.15) is 16.5 Å². The van der Waals surface area contributed by atoms with Crippen LogP contribution in [-0.2, 0) is 0 Å². The number of hydrogen-bond acceptors (Lipinski definition) is 3. The van der Waals surface area contributed by atoms with Gasteiger partial charge in [0.15, 0.2) is 0 Å². The van der Waals surface area contributed by atoms with Crippen molar-refractivity contribution in [3.8, 4) is 11.5 Å². The summed E-state index contributed by atoms with van der Waals surface area (Å²) in [6.07, 6.45) is 0. The van der Waals surface area contributed by atoms with E-state index in [0.29, 0.717) is 16.5 Å². The van der Waals surface area contributed by atoms with Gasteiger partial charge in [-0.2, -0.15) is 0 Å². The van der Waals surface area contributed by atoms with E-state index in [1.54, 1.807) is 14.2 Å². The molecule has 21 heavy (non-hydrogen) atoms. The molecular formula is C16H17BrClNO2. The van der Waals surface area contributed by atoms with E-state index in [2.05, 4.69) is 33.4 Å². The molecule has 0 fully saturated rings. The minimum atomic E-state index is -0.0270. The summed E-state index contributed by atoms with van der Waals surface area (Å²) >= 11 is 9.85. The van der Waals surface area contributed by atoms with Gasteiger partial charge in [-0.05, 0) is 36.9 Å². The van der Waals surface area contributed by atoms with E-state index in [1.807, 2.05) is 31.3 Å². The summed E-state index contributed by atoms with van der Waals surface area (Å²) in [5, 5.41) is 3.78. The van der Waals surface area contributed by atoms with Crippen LogP contribution in [0.5, 0.6) is 11.5 Å². The van der Waals surface area contributed by atoms with Crippen molar-refractivity contribution in [1.29, 1.82) is 0 Å². The zero-order chi connectivity index (χ0) is 15.4. The molecule has 1 N–H and O–H groups in total. The fraction of sp³-hybridized carbons (Fsp3) is 0.250. The Balaban J connectivity index is 2.55. The molecule has 0 heterocycles. The topological polar surface area (TPSA) is 30.5 Å². The Morgan fingerprint density at radius 2 is 1.90 bits per heavy atom. The Hall–Kier alpha value is -1.23. The van der Waals surface area contributed by atoms with Crippen molar-refractivity contribution in [2.24, 2.45) is 0 Å². The van der Waals surface area contributed by atoms with E-state index in [-0.39, 0.29) is 6.04 Å². The lowest BCUT2D eigenvalue weighted by atomic mass is 9.98. The van der Waals surface area contributed by atoms with Crippen molar-refractivity contribution in [3.63, 3.8) is 0 Å². The Bertz CT molecular complexity index is 634. The van der Waals surface area contributed by atoms with Crippen LogP contribution in [0.3, 0.4) is 0 Å². The highest BCUT2D eigenvalue weighted by atomic mass is 79.9. The Morgan fingerprint density at radius 1 is 1.14 bits per heavy atom. The first kappa shape index (κ1) is 16.1. The maximum Gasteiger partial charge on any atom is 0.146 e. The summed E-state index contributed by atoms with van der Waals surface area (Å²) in [5.41, 5.74) is 2.08. The highest BCUT2D eigenvalue weighted by Gasteiger charge is 2.21. The normalized spacial score (nSPS) is 12.0. The van der Waals surface area contributed by atoms with Crippen LogP contribution in [-0.4, -0.2) is 21.3 Å². The second-order valence-corrected chi connectivity index (χ2v) is 5.77. The molecule has 0 spiro atoms. The largest absolute Gasteiger partial charge is 0.495 e. The zero-order valence-electron chi connectivity index (χ0n) is 12.1. The number of nitrogens with one attached hydrogen (secondary N) is 1. The van der Waals surface area contributed by atoms with Crippen molar-refractivity contribution in [2.75, 3.05) is 21.3 Å². The molecule has 2 aromatic rings. The lowest BCUT2D eigenvalue weighted by Gasteiger charge is -2.21. The van der Waals surface area contributed by atoms with Crippen molar-refractivity contribution in [1.82, 2.24) is 5.32 Å². The van der Waals surface area contributed by atoms with Gasteiger partial charge >= 0.3 is 0 Å². The molecule has 0 aliphatic rings. The SMILES string of the molecule is CNC(c1cccc(Br)c1)c1ccc(OC)c(Cl)c1OC. The van der Waals surface area contributed by atoms with Gasteiger partial charge in [0, 0.05) is 10.0 Å². The molecule has 0 aliphatic carbocycles. The van der Waals surface area contributed by atoms with Gasteiger partial charge in [-0.25, -0.2) is 0 Å². The fourth-order valence-electron chi connectivity index (χ4n) is 2.33. The summed E-state index contributed by atoms with van der Waals surface area (Å²) in [6, 6.07) is 11.9. The summed E-state index contributed by atoms with van der Waals surface area (Å²) in [6.45, 7) is 0. The number of rotatable bonds is 5. The van der Waals surface area contributed by atoms with Crippen LogP contribution < -0.4 is 14.8 Å². The van der Waals surface area contributed by atoms with Crippen LogP contribution >= 0.6 is 27.5 Å². The molecule has 5 heteroatoms. The minimum absolute atomic E-state index is 0.0270. The molecule has 0 saturated heterocycles. The molecule has 2 rings (SSSR count). The van der Waals surface area contributed by atoms with Gasteiger partial charge in [0.05, 0.1) is 20.3 Å². The molecule has 2 aromatic carbocycles. The summed E-state index contributed by atoms with van der Waals surface area (Å²) in [7, 11) is 5.10. The summed E-state index contributed by atoms with van der Waals surface area (Å²) in [5.74, 6) is 1.22. The van der Waals surface area contributed by atoms with Crippen molar-refractivity contribution in [2.45, 2.75) is 6.04 Å². The molecule has 3 nitrogen and oxygen atoms in total. The second kappa shape index (κ2) is 7.16. The fourth-order valence-corrected chi connectivity index (χ4v) is 3.08. The van der Waals surface area contributed by atoms with Gasteiger partial charge in [-0.3, -0.25) is 0 Å². The predicted octanol–water partition coefficient (Wildman–Crippen LogP) is 4.43. The van der Waals surface area contributed by atoms with Crippen molar-refractivity contribution in [3.05, 3.63) is 57.0 Å². The van der Waals surface area contributed by atoms with Crippen molar-refractivity contribution >= 4 is 27.5 Å². The van der Waals surface area contributed by atoms with E-state index in [0.717, 1.165) is 15.6 Å². The molecule has 1 unspecified atom stereocenters. The molecule has 0 saturated carbocycles. The van der Waals surface area contributed by atoms with E-state index in [9.17, 15) is 0 Å². The average molecular weight is 371 g/mol. The number of halogens is 2. The first-order chi connectivity index (χ1) is 10.1. The number of benzene rings is 2. The van der Waals surface area contributed by atoms with Crippen LogP contribution in [0.15, 0.2) is 40.9 Å². The average Bonchev–Trinajstić information content (AvgIpc) is 2.48. The maximum atomic E-state index is 6.35. The van der Waals surface area contributed by atoms with Crippen LogP contribution in [0.4, 0.5) is 0 Å². The Labute approximate surface area is 138 Å². The first-order valence-corrected chi connectivity index (χ1v) is 7.62. The van der Waals surface area contributed by atoms with Gasteiger partial charge < -0.3 is 14.8 Å². The smallest absolute Gasteiger partial charge is 0.146 e. The van der Waals surface area contributed by atoms with E-state index in [4.69, 9.17) is 21.1 Å². The third kappa shape index (κ3) is 3.34. The highest BCUT2D eigenvalue weighted by molar-refractivity contribution is 9.10. The van der Waals surface area contributed by atoms with E-state index >= 15 is 0 Å². The van der Waals surface area contributed by atoms with Crippen LogP contribution in [0, 0.1) is 0 Å². The predicted molar refractivity (Wildman–Crippen MR) is 89.6 cm³/mol. The number of methoxy groups -OCH3 is 2. The quantitative estimate of drug-likeness (QED) is 0.844. The minimum Gasteiger partial charge on any atom is -0.495 e. The molecule has 0 bridgehead atoms. The molecule has 1 atom stereocenters. The molecule has 0 aromatic heterocycles. The molecule has 0 radical (unpaired) electrons. The van der Waals surface area contributed by atoms with Gasteiger partial charge in [0.2, 0.25) is 0 Å². The Kier molecular flexibility index (Phi) is 5.51. The van der Waals surface area contributed by atoms with E-state index in [1.165, 1.54) is 0 Å². The summed E-state index contributed by atoms with van der Waals surface area (Å²) in [4.78, 5) is 0. The molecule has 0 amide bonds. The zero-order valence-corrected chi connectivity index (χ0v) is 14.5. The molecular weight excluding hydrogens is 354 g/mol. The third-order valence-corrected chi connectivity index (χ3v) is 4.15. The summed E-state index contributed by atoms with van der Waals surface area (Å²) < 4.78 is 11.8. The Morgan fingerprint density at radius 3 is 2.48 bits per heavy atom. The highest BCUT2D eigenvalue weighted by Crippen LogP contribution is 2.41. The number of hydrogen-bond donors (Lipinski definition) is 1. The lowest BCUT2D eigenvalue weighted by molar-refractivity contribution is 0.388. The van der Waals surface area contributed by atoms with Crippen molar-refractivity contribution < 1.29 is 9.47 Å². The van der Waals surface area contributed by atoms with E-state index < -0.39 is 0 Å². The van der Waals surface area contributed by atoms with Gasteiger partial charge in [0.25, 0.3) is 0 Å². The van der Waals surface area contributed by atoms with Gasteiger partial charge in [-0.1, -0.05) is 39.7 Å². The lowest BCUT2D eigenvalue weighted by Crippen LogP contribution is -2.18. The molecule has 112 valence electrons. The number of ether oxygens (including phenoxy) is 2. The van der Waals surface area contributed by atoms with Gasteiger partial charge in [-0.15, -0.1) is 0 Å². The van der Waals surface area contributed by atoms with Crippen LogP contribution in [0.2, 0.25) is 5.02 Å².